The van der Waals surface area contributed by atoms with Gasteiger partial charge < -0.3 is 14.8 Å². The Balaban J connectivity index is 3.50. The summed E-state index contributed by atoms with van der Waals surface area (Å²) in [5.74, 6) is 1.55. The summed E-state index contributed by atoms with van der Waals surface area (Å²) in [4.78, 5) is 11.7. The second-order valence-corrected chi connectivity index (χ2v) is 4.28. The Kier molecular flexibility index (Phi) is 4.73. The van der Waals surface area contributed by atoms with Crippen LogP contribution in [0.2, 0.25) is 0 Å². The van der Waals surface area contributed by atoms with Crippen molar-refractivity contribution in [3.63, 3.8) is 0 Å². The molecule has 4 nitrogen and oxygen atoms in total. The molecule has 1 aromatic carbocycles. The number of nitrogens with one attached hydrogen (secondary N) is 1. The molecular formula is C14H21NO3. The standard InChI is InChI=1S/C14H21NO3/c1-8-9(2)14(18-6)11(7-12(8)17-5)13(15-4)10(3)16/h7,13,15H,1-6H3. The molecule has 0 aliphatic carbocycles. The highest BCUT2D eigenvalue weighted by atomic mass is 16.5. The van der Waals surface area contributed by atoms with E-state index in [2.05, 4.69) is 5.32 Å². The Hall–Kier alpha value is -1.55. The van der Waals surface area contributed by atoms with Crippen LogP contribution in [0.1, 0.15) is 29.7 Å². The molecule has 1 N–H and O–H groups in total. The number of rotatable bonds is 5. The number of Topliss-reactive ketones (excluding diaryl/α,β-unsaturated/α-hetero) is 1. The Morgan fingerprint density at radius 3 is 2.22 bits per heavy atom. The molecule has 0 aliphatic rings. The van der Waals surface area contributed by atoms with Gasteiger partial charge >= 0.3 is 0 Å². The minimum Gasteiger partial charge on any atom is -0.496 e. The summed E-state index contributed by atoms with van der Waals surface area (Å²) in [5.41, 5.74) is 2.83. The van der Waals surface area contributed by atoms with Crippen molar-refractivity contribution in [1.29, 1.82) is 0 Å². The zero-order valence-corrected chi connectivity index (χ0v) is 11.9. The van der Waals surface area contributed by atoms with Crippen LogP contribution in [0.5, 0.6) is 11.5 Å². The van der Waals surface area contributed by atoms with E-state index in [1.165, 1.54) is 0 Å². The number of hydrogen-bond acceptors (Lipinski definition) is 4. The van der Waals surface area contributed by atoms with Crippen LogP contribution in [0.25, 0.3) is 0 Å². The molecule has 0 saturated carbocycles. The predicted molar refractivity (Wildman–Crippen MR) is 71.5 cm³/mol. The Labute approximate surface area is 108 Å². The van der Waals surface area contributed by atoms with E-state index in [1.54, 1.807) is 28.2 Å². The first-order valence-corrected chi connectivity index (χ1v) is 5.87. The van der Waals surface area contributed by atoms with Crippen LogP contribution in [-0.2, 0) is 4.79 Å². The molecule has 100 valence electrons. The number of carbonyl (C=O) groups excluding carboxylic acids is 1. The molecule has 1 aromatic rings. The number of ether oxygens (including phenoxy) is 2. The van der Waals surface area contributed by atoms with Crippen molar-refractivity contribution in [2.75, 3.05) is 21.3 Å². The summed E-state index contributed by atoms with van der Waals surface area (Å²) >= 11 is 0. The highest BCUT2D eigenvalue weighted by Crippen LogP contribution is 2.36. The molecule has 0 aromatic heterocycles. The summed E-state index contributed by atoms with van der Waals surface area (Å²) < 4.78 is 10.8. The normalized spacial score (nSPS) is 12.1. The van der Waals surface area contributed by atoms with Gasteiger partial charge in [0.15, 0.2) is 5.78 Å². The van der Waals surface area contributed by atoms with Crippen LogP contribution >= 0.6 is 0 Å². The second kappa shape index (κ2) is 5.87. The molecule has 1 rings (SSSR count). The van der Waals surface area contributed by atoms with Crippen LogP contribution < -0.4 is 14.8 Å². The third-order valence-electron chi connectivity index (χ3n) is 3.25. The Morgan fingerprint density at radius 1 is 1.22 bits per heavy atom. The van der Waals surface area contributed by atoms with Gasteiger partial charge in [-0.2, -0.15) is 0 Å². The van der Waals surface area contributed by atoms with E-state index >= 15 is 0 Å². The molecule has 1 unspecified atom stereocenters. The molecule has 1 atom stereocenters. The van der Waals surface area contributed by atoms with E-state index < -0.39 is 0 Å². The molecule has 18 heavy (non-hydrogen) atoms. The van der Waals surface area contributed by atoms with Gasteiger partial charge in [0.25, 0.3) is 0 Å². The maximum Gasteiger partial charge on any atom is 0.151 e. The third-order valence-corrected chi connectivity index (χ3v) is 3.25. The molecule has 0 saturated heterocycles. The molecule has 0 spiro atoms. The van der Waals surface area contributed by atoms with Crippen molar-refractivity contribution in [2.24, 2.45) is 0 Å². The van der Waals surface area contributed by atoms with Gasteiger partial charge in [0, 0.05) is 5.56 Å². The quantitative estimate of drug-likeness (QED) is 0.871. The summed E-state index contributed by atoms with van der Waals surface area (Å²) in [6, 6.07) is 1.48. The summed E-state index contributed by atoms with van der Waals surface area (Å²) in [7, 11) is 5.00. The number of carbonyl (C=O) groups is 1. The third kappa shape index (κ3) is 2.48. The maximum atomic E-state index is 11.7. The molecular weight excluding hydrogens is 230 g/mol. The van der Waals surface area contributed by atoms with Crippen molar-refractivity contribution >= 4 is 5.78 Å². The SMILES string of the molecule is CNC(C(C)=O)c1cc(OC)c(C)c(C)c1OC. The fourth-order valence-corrected chi connectivity index (χ4v) is 2.16. The van der Waals surface area contributed by atoms with Crippen LogP contribution in [0.15, 0.2) is 6.07 Å². The number of hydrogen-bond donors (Lipinski definition) is 1. The topological polar surface area (TPSA) is 47.6 Å². The van der Waals surface area contributed by atoms with Gasteiger partial charge in [0.05, 0.1) is 20.3 Å². The van der Waals surface area contributed by atoms with Crippen molar-refractivity contribution < 1.29 is 14.3 Å². The maximum absolute atomic E-state index is 11.7. The Morgan fingerprint density at radius 2 is 1.83 bits per heavy atom. The lowest BCUT2D eigenvalue weighted by molar-refractivity contribution is -0.119. The fourth-order valence-electron chi connectivity index (χ4n) is 2.16. The van der Waals surface area contributed by atoms with E-state index in [9.17, 15) is 4.79 Å². The lowest BCUT2D eigenvalue weighted by Gasteiger charge is -2.21. The van der Waals surface area contributed by atoms with E-state index in [4.69, 9.17) is 9.47 Å². The fraction of sp³-hybridized carbons (Fsp3) is 0.500. The monoisotopic (exact) mass is 251 g/mol. The molecule has 0 fully saturated rings. The van der Waals surface area contributed by atoms with Crippen molar-refractivity contribution in [1.82, 2.24) is 5.32 Å². The first-order chi connectivity index (χ1) is 8.47. The van der Waals surface area contributed by atoms with E-state index in [0.29, 0.717) is 0 Å². The number of ketones is 1. The van der Waals surface area contributed by atoms with Crippen LogP contribution in [0, 0.1) is 13.8 Å². The van der Waals surface area contributed by atoms with Crippen molar-refractivity contribution in [3.05, 3.63) is 22.8 Å². The van der Waals surface area contributed by atoms with E-state index in [1.807, 2.05) is 19.9 Å². The average Bonchev–Trinajstić information content (AvgIpc) is 2.34. The van der Waals surface area contributed by atoms with Crippen LogP contribution in [-0.4, -0.2) is 27.1 Å². The Bertz CT molecular complexity index is 455. The molecule has 0 heterocycles. The van der Waals surface area contributed by atoms with E-state index in [0.717, 1.165) is 28.2 Å². The largest absolute Gasteiger partial charge is 0.496 e. The zero-order chi connectivity index (χ0) is 13.9. The van der Waals surface area contributed by atoms with Gasteiger partial charge in [0.2, 0.25) is 0 Å². The first-order valence-electron chi connectivity index (χ1n) is 5.87. The lowest BCUT2D eigenvalue weighted by atomic mass is 9.96. The number of benzene rings is 1. The van der Waals surface area contributed by atoms with Crippen LogP contribution in [0.3, 0.4) is 0 Å². The number of methoxy groups -OCH3 is 2. The van der Waals surface area contributed by atoms with Gasteiger partial charge in [0.1, 0.15) is 11.5 Å². The first kappa shape index (κ1) is 14.5. The summed E-state index contributed by atoms with van der Waals surface area (Å²) in [6.45, 7) is 5.50. The van der Waals surface area contributed by atoms with Gasteiger partial charge in [-0.25, -0.2) is 0 Å². The predicted octanol–water partition coefficient (Wildman–Crippen LogP) is 2.17. The minimum absolute atomic E-state index is 0.0427. The van der Waals surface area contributed by atoms with Crippen LogP contribution in [0.4, 0.5) is 0 Å². The molecule has 0 radical (unpaired) electrons. The minimum atomic E-state index is -0.381. The zero-order valence-electron chi connectivity index (χ0n) is 11.9. The lowest BCUT2D eigenvalue weighted by Crippen LogP contribution is -2.24. The van der Waals surface area contributed by atoms with Gasteiger partial charge in [-0.05, 0) is 45.0 Å². The molecule has 0 bridgehead atoms. The summed E-state index contributed by atoms with van der Waals surface area (Å²) in [6.07, 6.45) is 0. The van der Waals surface area contributed by atoms with Gasteiger partial charge in [-0.15, -0.1) is 0 Å². The molecule has 0 amide bonds. The summed E-state index contributed by atoms with van der Waals surface area (Å²) in [5, 5.41) is 3.01. The second-order valence-electron chi connectivity index (χ2n) is 4.28. The average molecular weight is 251 g/mol. The highest BCUT2D eigenvalue weighted by Gasteiger charge is 2.23. The van der Waals surface area contributed by atoms with Crippen molar-refractivity contribution in [2.45, 2.75) is 26.8 Å². The molecule has 0 aliphatic heterocycles. The van der Waals surface area contributed by atoms with Gasteiger partial charge in [-0.1, -0.05) is 0 Å². The van der Waals surface area contributed by atoms with E-state index in [-0.39, 0.29) is 11.8 Å². The smallest absolute Gasteiger partial charge is 0.151 e. The highest BCUT2D eigenvalue weighted by molar-refractivity contribution is 5.84. The molecule has 4 heteroatoms. The van der Waals surface area contributed by atoms with Gasteiger partial charge in [-0.3, -0.25) is 4.79 Å². The van der Waals surface area contributed by atoms with Crippen molar-refractivity contribution in [3.8, 4) is 11.5 Å². The number of likely N-dealkylation sites (N-methyl/N-ethyl adjacent to an activating group) is 1.